The van der Waals surface area contributed by atoms with Crippen molar-refractivity contribution in [3.8, 4) is 11.4 Å². The van der Waals surface area contributed by atoms with Gasteiger partial charge in [-0.3, -0.25) is 19.5 Å². The highest BCUT2D eigenvalue weighted by molar-refractivity contribution is 6.21. The molecule has 1 aliphatic rings. The average molecular weight is 455 g/mol. The molecule has 3 aromatic heterocycles. The molecule has 0 spiro atoms. The number of nitrogens with two attached hydrogens (primary N) is 1. The largest absolute Gasteiger partial charge is 0.323 e. The fourth-order valence-corrected chi connectivity index (χ4v) is 4.15. The standard InChI is InChI=1S/C26H22FN5O2/c27-24-10-5-9-20(31-24)21-12-11-16-15-29-23(14-22(16)30-21)19(28)8-3-4-13-32-25(33)17-6-1-2-7-18(17)26(32)34/h1-2,5-7,9-12,14-15,19H,3-4,8,13,28H2. The Morgan fingerprint density at radius 3 is 2.35 bits per heavy atom. The predicted molar refractivity (Wildman–Crippen MR) is 125 cm³/mol. The lowest BCUT2D eigenvalue weighted by Gasteiger charge is -2.15. The number of hydrogen-bond acceptors (Lipinski definition) is 6. The molecule has 1 aromatic carbocycles. The lowest BCUT2D eigenvalue weighted by atomic mass is 10.1. The number of nitrogens with zero attached hydrogens (tertiary/aromatic N) is 4. The number of amides is 2. The van der Waals surface area contributed by atoms with E-state index in [-0.39, 0.29) is 17.9 Å². The molecule has 0 radical (unpaired) electrons. The smallest absolute Gasteiger partial charge is 0.261 e. The molecule has 0 fully saturated rings. The second kappa shape index (κ2) is 9.07. The van der Waals surface area contributed by atoms with Crippen LogP contribution in [0.5, 0.6) is 0 Å². The summed E-state index contributed by atoms with van der Waals surface area (Å²) in [6.07, 6.45) is 3.75. The van der Waals surface area contributed by atoms with E-state index >= 15 is 0 Å². The molecule has 2 N–H and O–H groups in total. The van der Waals surface area contributed by atoms with E-state index in [9.17, 15) is 14.0 Å². The maximum absolute atomic E-state index is 13.5. The van der Waals surface area contributed by atoms with Crippen LogP contribution in [0.25, 0.3) is 22.3 Å². The minimum Gasteiger partial charge on any atom is -0.323 e. The summed E-state index contributed by atoms with van der Waals surface area (Å²) in [6.45, 7) is 0.357. The first kappa shape index (κ1) is 21.8. The van der Waals surface area contributed by atoms with Crippen molar-refractivity contribution >= 4 is 22.7 Å². The highest BCUT2D eigenvalue weighted by atomic mass is 19.1. The molecule has 0 bridgehead atoms. The minimum atomic E-state index is -0.557. The summed E-state index contributed by atoms with van der Waals surface area (Å²) in [5.41, 5.74) is 9.73. The zero-order valence-corrected chi connectivity index (χ0v) is 18.3. The van der Waals surface area contributed by atoms with Crippen molar-refractivity contribution < 1.29 is 14.0 Å². The summed E-state index contributed by atoms with van der Waals surface area (Å²) in [5.74, 6) is -1.04. The van der Waals surface area contributed by atoms with Gasteiger partial charge in [0.05, 0.1) is 33.7 Å². The number of unbranched alkanes of at least 4 members (excludes halogenated alkanes) is 1. The third-order valence-corrected chi connectivity index (χ3v) is 5.98. The van der Waals surface area contributed by atoms with Crippen molar-refractivity contribution in [3.63, 3.8) is 0 Å². The summed E-state index contributed by atoms with van der Waals surface area (Å²) in [5, 5.41) is 0.849. The van der Waals surface area contributed by atoms with Crippen molar-refractivity contribution in [2.24, 2.45) is 5.73 Å². The van der Waals surface area contributed by atoms with Crippen LogP contribution in [0.1, 0.15) is 51.7 Å². The van der Waals surface area contributed by atoms with Gasteiger partial charge in [-0.25, -0.2) is 9.97 Å². The van der Waals surface area contributed by atoms with Crippen LogP contribution in [-0.4, -0.2) is 38.2 Å². The lowest BCUT2D eigenvalue weighted by Crippen LogP contribution is -2.30. The van der Waals surface area contributed by atoms with Gasteiger partial charge in [-0.2, -0.15) is 4.39 Å². The number of benzene rings is 1. The van der Waals surface area contributed by atoms with Gasteiger partial charge in [0.15, 0.2) is 0 Å². The first-order chi connectivity index (χ1) is 16.5. The van der Waals surface area contributed by atoms with Crippen LogP contribution in [0.3, 0.4) is 0 Å². The molecular weight excluding hydrogens is 433 g/mol. The Labute approximate surface area is 195 Å². The number of carbonyl (C=O) groups excluding carboxylic acids is 2. The monoisotopic (exact) mass is 455 g/mol. The number of pyridine rings is 3. The maximum Gasteiger partial charge on any atom is 0.261 e. The first-order valence-electron chi connectivity index (χ1n) is 11.1. The highest BCUT2D eigenvalue weighted by Gasteiger charge is 2.34. The number of carbonyl (C=O) groups is 2. The molecule has 8 heteroatoms. The number of rotatable bonds is 7. The molecule has 0 aliphatic carbocycles. The third kappa shape index (κ3) is 4.15. The number of hydrogen-bond donors (Lipinski definition) is 1. The van der Waals surface area contributed by atoms with Crippen molar-refractivity contribution in [2.75, 3.05) is 6.54 Å². The van der Waals surface area contributed by atoms with Crippen molar-refractivity contribution in [3.05, 3.63) is 89.6 Å². The Balaban J connectivity index is 1.22. The third-order valence-electron chi connectivity index (χ3n) is 5.98. The van der Waals surface area contributed by atoms with Gasteiger partial charge >= 0.3 is 0 Å². The van der Waals surface area contributed by atoms with E-state index in [2.05, 4.69) is 15.0 Å². The molecule has 7 nitrogen and oxygen atoms in total. The van der Waals surface area contributed by atoms with Crippen LogP contribution in [0.2, 0.25) is 0 Å². The quantitative estimate of drug-likeness (QED) is 0.253. The molecule has 170 valence electrons. The fraction of sp³-hybridized carbons (Fsp3) is 0.192. The molecule has 1 aliphatic heterocycles. The summed E-state index contributed by atoms with van der Waals surface area (Å²) in [4.78, 5) is 39.2. The maximum atomic E-state index is 13.5. The van der Waals surface area contributed by atoms with Crippen molar-refractivity contribution in [1.82, 2.24) is 19.9 Å². The van der Waals surface area contributed by atoms with E-state index < -0.39 is 5.95 Å². The van der Waals surface area contributed by atoms with Gasteiger partial charge < -0.3 is 5.73 Å². The number of imide groups is 1. The zero-order chi connectivity index (χ0) is 23.7. The van der Waals surface area contributed by atoms with Gasteiger partial charge in [-0.05, 0) is 61.7 Å². The summed E-state index contributed by atoms with van der Waals surface area (Å²) >= 11 is 0. The Bertz CT molecular complexity index is 1370. The zero-order valence-electron chi connectivity index (χ0n) is 18.3. The molecule has 2 amide bonds. The highest BCUT2D eigenvalue weighted by Crippen LogP contribution is 2.25. The molecular formula is C26H22FN5O2. The molecule has 34 heavy (non-hydrogen) atoms. The molecule has 1 atom stereocenters. The molecule has 1 unspecified atom stereocenters. The lowest BCUT2D eigenvalue weighted by molar-refractivity contribution is 0.0651. The van der Waals surface area contributed by atoms with E-state index in [1.54, 1.807) is 48.7 Å². The van der Waals surface area contributed by atoms with Gasteiger partial charge in [0.2, 0.25) is 5.95 Å². The Morgan fingerprint density at radius 1 is 0.882 bits per heavy atom. The normalized spacial score (nSPS) is 14.0. The SMILES string of the molecule is NC(CCCCN1C(=O)c2ccccc2C1=O)c1cc2nc(-c3cccc(F)n3)ccc2cn1. The van der Waals surface area contributed by atoms with Crippen LogP contribution < -0.4 is 5.73 Å². The first-order valence-corrected chi connectivity index (χ1v) is 11.1. The molecule has 0 saturated carbocycles. The van der Waals surface area contributed by atoms with Crippen LogP contribution in [0.4, 0.5) is 4.39 Å². The van der Waals surface area contributed by atoms with Gasteiger partial charge in [0.25, 0.3) is 11.8 Å². The van der Waals surface area contributed by atoms with Crippen LogP contribution in [0, 0.1) is 5.95 Å². The van der Waals surface area contributed by atoms with Crippen molar-refractivity contribution in [1.29, 1.82) is 0 Å². The Kier molecular flexibility index (Phi) is 5.81. The molecule has 5 rings (SSSR count). The summed E-state index contributed by atoms with van der Waals surface area (Å²) in [6, 6.07) is 16.7. The van der Waals surface area contributed by atoms with Crippen LogP contribution in [0.15, 0.2) is 66.9 Å². The number of aromatic nitrogens is 3. The average Bonchev–Trinajstić information content (AvgIpc) is 3.10. The molecule has 4 aromatic rings. The van der Waals surface area contributed by atoms with Crippen molar-refractivity contribution in [2.45, 2.75) is 25.3 Å². The Hall–Kier alpha value is -4.04. The second-order valence-corrected chi connectivity index (χ2v) is 8.25. The topological polar surface area (TPSA) is 102 Å². The van der Waals surface area contributed by atoms with Gasteiger partial charge in [-0.15, -0.1) is 0 Å². The Morgan fingerprint density at radius 2 is 1.62 bits per heavy atom. The van der Waals surface area contributed by atoms with E-state index in [0.29, 0.717) is 53.1 Å². The predicted octanol–water partition coefficient (Wildman–Crippen LogP) is 4.30. The van der Waals surface area contributed by atoms with Gasteiger partial charge in [0.1, 0.15) is 0 Å². The van der Waals surface area contributed by atoms with E-state index in [4.69, 9.17) is 5.73 Å². The van der Waals surface area contributed by atoms with Crippen LogP contribution >= 0.6 is 0 Å². The molecule has 0 saturated heterocycles. The second-order valence-electron chi connectivity index (χ2n) is 8.25. The van der Waals surface area contributed by atoms with E-state index in [0.717, 1.165) is 11.8 Å². The van der Waals surface area contributed by atoms with Gasteiger partial charge in [-0.1, -0.05) is 18.2 Å². The van der Waals surface area contributed by atoms with Gasteiger partial charge in [0, 0.05) is 24.2 Å². The minimum absolute atomic E-state index is 0.240. The summed E-state index contributed by atoms with van der Waals surface area (Å²) < 4.78 is 13.5. The van der Waals surface area contributed by atoms with E-state index in [1.165, 1.54) is 11.0 Å². The molecule has 4 heterocycles. The van der Waals surface area contributed by atoms with Crippen LogP contribution in [-0.2, 0) is 0 Å². The number of fused-ring (bicyclic) bond motifs is 2. The number of halogens is 1. The summed E-state index contributed by atoms with van der Waals surface area (Å²) in [7, 11) is 0. The fourth-order valence-electron chi connectivity index (χ4n) is 4.15. The van der Waals surface area contributed by atoms with E-state index in [1.807, 2.05) is 12.1 Å².